The minimum absolute atomic E-state index is 0.333. The number of hydrogen-bond donors (Lipinski definition) is 2. The molecule has 0 spiro atoms. The lowest BCUT2D eigenvalue weighted by atomic mass is 9.94. The van der Waals surface area contributed by atoms with E-state index in [4.69, 9.17) is 16.0 Å². The Hall–Kier alpha value is -1.03. The molecule has 4 heteroatoms. The van der Waals surface area contributed by atoms with Crippen molar-refractivity contribution in [2.75, 3.05) is 0 Å². The van der Waals surface area contributed by atoms with Crippen molar-refractivity contribution in [3.8, 4) is 0 Å². The zero-order chi connectivity index (χ0) is 12.6. The Morgan fingerprint density at radius 2 is 2.18 bits per heavy atom. The Kier molecular flexibility index (Phi) is 3.17. The van der Waals surface area contributed by atoms with Gasteiger partial charge in [0.05, 0.1) is 10.6 Å². The third-order valence-corrected chi connectivity index (χ3v) is 3.39. The summed E-state index contributed by atoms with van der Waals surface area (Å²) in [5.41, 5.74) is -0.671. The van der Waals surface area contributed by atoms with Crippen LogP contribution in [0, 0.1) is 0 Å². The number of furan rings is 1. The molecule has 2 atom stereocenters. The van der Waals surface area contributed by atoms with Gasteiger partial charge in [0, 0.05) is 5.39 Å². The number of aliphatic hydroxyl groups is 2. The van der Waals surface area contributed by atoms with Gasteiger partial charge in [-0.05, 0) is 25.5 Å². The van der Waals surface area contributed by atoms with Crippen LogP contribution in [0.4, 0.5) is 0 Å². The molecule has 0 bridgehead atoms. The Morgan fingerprint density at radius 1 is 1.47 bits per heavy atom. The molecular formula is C13H15ClO3. The Balaban J connectivity index is 2.47. The molecule has 0 saturated heterocycles. The molecule has 17 heavy (non-hydrogen) atoms. The minimum Gasteiger partial charge on any atom is -0.457 e. The Morgan fingerprint density at radius 3 is 2.76 bits per heavy atom. The van der Waals surface area contributed by atoms with Crippen LogP contribution in [0.5, 0.6) is 0 Å². The summed E-state index contributed by atoms with van der Waals surface area (Å²) < 4.78 is 5.51. The van der Waals surface area contributed by atoms with Crippen molar-refractivity contribution >= 4 is 22.6 Å². The standard InChI is InChI=1S/C13H15ClO3/c1-3-13(2,16)12(15)10-7-8-5-4-6-9(14)11(8)17-10/h4-7,12,15-16H,3H2,1-2H3. The van der Waals surface area contributed by atoms with Gasteiger partial charge in [0.15, 0.2) is 5.58 Å². The van der Waals surface area contributed by atoms with E-state index in [1.165, 1.54) is 0 Å². The van der Waals surface area contributed by atoms with Crippen molar-refractivity contribution in [1.82, 2.24) is 0 Å². The van der Waals surface area contributed by atoms with Gasteiger partial charge >= 0.3 is 0 Å². The first-order chi connectivity index (χ1) is 7.95. The summed E-state index contributed by atoms with van der Waals surface area (Å²) in [6.45, 7) is 3.38. The van der Waals surface area contributed by atoms with Gasteiger partial charge in [-0.25, -0.2) is 0 Å². The molecular weight excluding hydrogens is 240 g/mol. The van der Waals surface area contributed by atoms with E-state index in [2.05, 4.69) is 0 Å². The second kappa shape index (κ2) is 4.33. The van der Waals surface area contributed by atoms with Gasteiger partial charge in [0.2, 0.25) is 0 Å². The molecule has 0 aliphatic rings. The van der Waals surface area contributed by atoms with Gasteiger partial charge in [-0.1, -0.05) is 30.7 Å². The van der Waals surface area contributed by atoms with Crippen molar-refractivity contribution in [3.05, 3.63) is 35.0 Å². The minimum atomic E-state index is -1.21. The van der Waals surface area contributed by atoms with Gasteiger partial charge in [-0.3, -0.25) is 0 Å². The quantitative estimate of drug-likeness (QED) is 0.884. The van der Waals surface area contributed by atoms with E-state index in [1.54, 1.807) is 26.0 Å². The molecule has 0 aliphatic heterocycles. The van der Waals surface area contributed by atoms with Crippen LogP contribution in [0.15, 0.2) is 28.7 Å². The molecule has 2 aromatic rings. The molecule has 2 rings (SSSR count). The van der Waals surface area contributed by atoms with Crippen molar-refractivity contribution in [1.29, 1.82) is 0 Å². The van der Waals surface area contributed by atoms with Gasteiger partial charge in [0.1, 0.15) is 11.9 Å². The van der Waals surface area contributed by atoms with Gasteiger partial charge in [-0.2, -0.15) is 0 Å². The van der Waals surface area contributed by atoms with E-state index in [1.807, 2.05) is 12.1 Å². The number of rotatable bonds is 3. The number of fused-ring (bicyclic) bond motifs is 1. The zero-order valence-corrected chi connectivity index (χ0v) is 10.5. The van der Waals surface area contributed by atoms with Crippen LogP contribution in [0.1, 0.15) is 32.1 Å². The van der Waals surface area contributed by atoms with Crippen molar-refractivity contribution in [2.45, 2.75) is 32.0 Å². The van der Waals surface area contributed by atoms with Crippen LogP contribution < -0.4 is 0 Å². The molecule has 1 heterocycles. The first-order valence-electron chi connectivity index (χ1n) is 5.54. The SMILES string of the molecule is CCC(C)(O)C(O)c1cc2cccc(Cl)c2o1. The molecule has 1 aromatic carbocycles. The summed E-state index contributed by atoms with van der Waals surface area (Å²) in [5, 5.41) is 21.4. The molecule has 0 amide bonds. The lowest BCUT2D eigenvalue weighted by Gasteiger charge is -2.25. The summed E-state index contributed by atoms with van der Waals surface area (Å²) in [7, 11) is 0. The average Bonchev–Trinajstić information content (AvgIpc) is 2.73. The highest BCUT2D eigenvalue weighted by atomic mass is 35.5. The van der Waals surface area contributed by atoms with Gasteiger partial charge in [-0.15, -0.1) is 0 Å². The second-order valence-corrected chi connectivity index (χ2v) is 4.83. The summed E-state index contributed by atoms with van der Waals surface area (Å²) >= 11 is 5.99. The van der Waals surface area contributed by atoms with Crippen LogP contribution in [-0.4, -0.2) is 15.8 Å². The highest BCUT2D eigenvalue weighted by molar-refractivity contribution is 6.34. The smallest absolute Gasteiger partial charge is 0.152 e. The van der Waals surface area contributed by atoms with Crippen molar-refractivity contribution < 1.29 is 14.6 Å². The van der Waals surface area contributed by atoms with Crippen molar-refractivity contribution in [2.24, 2.45) is 0 Å². The largest absolute Gasteiger partial charge is 0.457 e. The van der Waals surface area contributed by atoms with E-state index in [0.29, 0.717) is 22.8 Å². The third kappa shape index (κ3) is 2.18. The van der Waals surface area contributed by atoms with Gasteiger partial charge in [0.25, 0.3) is 0 Å². The number of aliphatic hydroxyl groups excluding tert-OH is 1. The molecule has 0 fully saturated rings. The van der Waals surface area contributed by atoms with Crippen LogP contribution >= 0.6 is 11.6 Å². The van der Waals surface area contributed by atoms with E-state index in [-0.39, 0.29) is 0 Å². The lowest BCUT2D eigenvalue weighted by Crippen LogP contribution is -2.31. The predicted octanol–water partition coefficient (Wildman–Crippen LogP) is 3.28. The molecule has 0 saturated carbocycles. The number of benzene rings is 1. The van der Waals surface area contributed by atoms with Crippen LogP contribution in [0.2, 0.25) is 5.02 Å². The van der Waals surface area contributed by atoms with E-state index in [0.717, 1.165) is 5.39 Å². The maximum absolute atomic E-state index is 10.1. The van der Waals surface area contributed by atoms with Crippen LogP contribution in [0.25, 0.3) is 11.0 Å². The molecule has 2 N–H and O–H groups in total. The maximum Gasteiger partial charge on any atom is 0.152 e. The summed E-state index contributed by atoms with van der Waals surface area (Å²) in [4.78, 5) is 0. The second-order valence-electron chi connectivity index (χ2n) is 4.42. The Bertz CT molecular complexity index is 530. The summed E-state index contributed by atoms with van der Waals surface area (Å²) in [6, 6.07) is 7.09. The summed E-state index contributed by atoms with van der Waals surface area (Å²) in [5.74, 6) is 0.333. The molecule has 0 radical (unpaired) electrons. The normalized spacial score (nSPS) is 17.0. The highest BCUT2D eigenvalue weighted by Gasteiger charge is 2.32. The monoisotopic (exact) mass is 254 g/mol. The maximum atomic E-state index is 10.1. The first kappa shape index (κ1) is 12.4. The summed E-state index contributed by atoms with van der Waals surface area (Å²) in [6.07, 6.45) is -0.630. The predicted molar refractivity (Wildman–Crippen MR) is 67.1 cm³/mol. The third-order valence-electron chi connectivity index (χ3n) is 3.09. The lowest BCUT2D eigenvalue weighted by molar-refractivity contribution is -0.0743. The van der Waals surface area contributed by atoms with Crippen LogP contribution in [-0.2, 0) is 0 Å². The number of hydrogen-bond acceptors (Lipinski definition) is 3. The Labute approximate surface area is 105 Å². The van der Waals surface area contributed by atoms with Crippen molar-refractivity contribution in [3.63, 3.8) is 0 Å². The molecule has 1 aromatic heterocycles. The molecule has 2 unspecified atom stereocenters. The molecule has 92 valence electrons. The zero-order valence-electron chi connectivity index (χ0n) is 9.77. The highest BCUT2D eigenvalue weighted by Crippen LogP contribution is 2.34. The first-order valence-corrected chi connectivity index (χ1v) is 5.92. The fraction of sp³-hybridized carbons (Fsp3) is 0.385. The number of halogens is 1. The number of para-hydroxylation sites is 1. The molecule has 0 aliphatic carbocycles. The average molecular weight is 255 g/mol. The molecule has 3 nitrogen and oxygen atoms in total. The van der Waals surface area contributed by atoms with Gasteiger partial charge < -0.3 is 14.6 Å². The van der Waals surface area contributed by atoms with Crippen LogP contribution in [0.3, 0.4) is 0 Å². The van der Waals surface area contributed by atoms with E-state index in [9.17, 15) is 10.2 Å². The fourth-order valence-electron chi connectivity index (χ4n) is 1.68. The van der Waals surface area contributed by atoms with E-state index >= 15 is 0 Å². The van der Waals surface area contributed by atoms with E-state index < -0.39 is 11.7 Å². The fourth-order valence-corrected chi connectivity index (χ4v) is 1.90. The topological polar surface area (TPSA) is 53.6 Å².